The Morgan fingerprint density at radius 1 is 0.884 bits per heavy atom. The van der Waals surface area contributed by atoms with E-state index in [4.69, 9.17) is 9.47 Å². The number of alkyl halides is 3. The Morgan fingerprint density at radius 3 is 2.33 bits per heavy atom. The second-order valence-electron chi connectivity index (χ2n) is 10.9. The molecule has 1 aliphatic heterocycles. The van der Waals surface area contributed by atoms with Gasteiger partial charge in [0.1, 0.15) is 11.5 Å². The summed E-state index contributed by atoms with van der Waals surface area (Å²) in [4.78, 5) is 25.9. The number of carbonyl (C=O) groups is 1. The van der Waals surface area contributed by atoms with E-state index in [2.05, 4.69) is 20.9 Å². The smallest absolute Gasteiger partial charge is 0.417 e. The molecule has 2 unspecified atom stereocenters. The Labute approximate surface area is 247 Å². The van der Waals surface area contributed by atoms with Gasteiger partial charge in [0.2, 0.25) is 5.88 Å². The van der Waals surface area contributed by atoms with Crippen LogP contribution in [0.3, 0.4) is 0 Å². The number of pyridine rings is 2. The minimum absolute atomic E-state index is 0.0574. The molecule has 3 heterocycles. The molecule has 2 atom stereocenters. The van der Waals surface area contributed by atoms with Crippen LogP contribution >= 0.6 is 0 Å². The molecular weight excluding hydrogens is 557 g/mol. The van der Waals surface area contributed by atoms with Crippen LogP contribution in [0.25, 0.3) is 0 Å². The molecule has 1 saturated carbocycles. The Bertz CT molecular complexity index is 1500. The molecule has 7 nitrogen and oxygen atoms in total. The highest BCUT2D eigenvalue weighted by atomic mass is 19.4. The number of para-hydroxylation sites is 1. The number of benzene rings is 2. The first-order chi connectivity index (χ1) is 20.8. The van der Waals surface area contributed by atoms with E-state index in [1.807, 2.05) is 42.6 Å². The third kappa shape index (κ3) is 7.14. The average Bonchev–Trinajstić information content (AvgIpc) is 3.86. The van der Waals surface area contributed by atoms with Crippen molar-refractivity contribution in [3.8, 4) is 17.4 Å². The minimum Gasteiger partial charge on any atom is -0.439 e. The Hall–Kier alpha value is -4.44. The number of likely N-dealkylation sites (tertiary alicyclic amines) is 1. The van der Waals surface area contributed by atoms with Gasteiger partial charge in [-0.2, -0.15) is 13.2 Å². The van der Waals surface area contributed by atoms with Crippen LogP contribution in [0.5, 0.6) is 17.4 Å². The third-order valence-electron chi connectivity index (χ3n) is 7.88. The monoisotopic (exact) mass is 588 g/mol. The maximum Gasteiger partial charge on any atom is 0.417 e. The summed E-state index contributed by atoms with van der Waals surface area (Å²) in [6.45, 7) is 1.34. The predicted octanol–water partition coefficient (Wildman–Crippen LogP) is 7.66. The van der Waals surface area contributed by atoms with Crippen LogP contribution in [0.1, 0.15) is 48.4 Å². The topological polar surface area (TPSA) is 67.8 Å². The summed E-state index contributed by atoms with van der Waals surface area (Å²) in [5.74, 6) is 0.970. The lowest BCUT2D eigenvalue weighted by Crippen LogP contribution is -2.49. The van der Waals surface area contributed by atoms with Crippen LogP contribution in [-0.4, -0.2) is 44.5 Å². The standard InChI is InChI=1S/C33H31F3N4O3/c34-33(35,36)25-10-15-31(38-21-25)42-29-13-8-24(9-14-29)30-19-27(40(26-11-12-26)22-23-5-4-17-37-20-23)16-18-39(30)32(41)43-28-6-2-1-3-7-28/h1-10,13-15,17,20-21,26-27,30H,11-12,16,18-19,22H2. The predicted molar refractivity (Wildman–Crippen MR) is 153 cm³/mol. The number of aromatic nitrogens is 2. The maximum absolute atomic E-state index is 13.4. The molecule has 0 spiro atoms. The lowest BCUT2D eigenvalue weighted by atomic mass is 9.90. The van der Waals surface area contributed by atoms with Crippen molar-refractivity contribution in [1.82, 2.24) is 19.8 Å². The highest BCUT2D eigenvalue weighted by Gasteiger charge is 2.40. The van der Waals surface area contributed by atoms with E-state index in [9.17, 15) is 18.0 Å². The Balaban J connectivity index is 1.22. The van der Waals surface area contributed by atoms with Crippen LogP contribution in [-0.2, 0) is 12.7 Å². The zero-order valence-electron chi connectivity index (χ0n) is 23.4. The molecule has 2 fully saturated rings. The summed E-state index contributed by atoms with van der Waals surface area (Å²) in [5, 5.41) is 0. The second-order valence-corrected chi connectivity index (χ2v) is 10.9. The molecule has 6 rings (SSSR count). The van der Waals surface area contributed by atoms with Gasteiger partial charge < -0.3 is 14.4 Å². The first-order valence-corrected chi connectivity index (χ1v) is 14.3. The molecule has 2 aromatic carbocycles. The number of amides is 1. The van der Waals surface area contributed by atoms with Gasteiger partial charge in [-0.15, -0.1) is 0 Å². The van der Waals surface area contributed by atoms with Crippen LogP contribution in [0, 0.1) is 0 Å². The summed E-state index contributed by atoms with van der Waals surface area (Å²) >= 11 is 0. The Morgan fingerprint density at radius 2 is 1.67 bits per heavy atom. The van der Waals surface area contributed by atoms with Gasteiger partial charge in [0.15, 0.2) is 0 Å². The van der Waals surface area contributed by atoms with E-state index in [1.54, 1.807) is 35.4 Å². The molecule has 1 amide bonds. The highest BCUT2D eigenvalue weighted by molar-refractivity contribution is 5.71. The van der Waals surface area contributed by atoms with Crippen LogP contribution in [0.15, 0.2) is 97.5 Å². The van der Waals surface area contributed by atoms with Crippen molar-refractivity contribution in [2.45, 2.75) is 56.5 Å². The molecule has 222 valence electrons. The van der Waals surface area contributed by atoms with E-state index < -0.39 is 17.8 Å². The zero-order valence-corrected chi connectivity index (χ0v) is 23.4. The maximum atomic E-state index is 13.4. The molecule has 43 heavy (non-hydrogen) atoms. The van der Waals surface area contributed by atoms with E-state index in [0.717, 1.165) is 55.6 Å². The number of hydrogen-bond acceptors (Lipinski definition) is 6. The largest absolute Gasteiger partial charge is 0.439 e. The van der Waals surface area contributed by atoms with Crippen LogP contribution < -0.4 is 9.47 Å². The number of piperidine rings is 1. The molecular formula is C33H31F3N4O3. The molecule has 2 aromatic heterocycles. The average molecular weight is 589 g/mol. The van der Waals surface area contributed by atoms with Crippen molar-refractivity contribution in [1.29, 1.82) is 0 Å². The van der Waals surface area contributed by atoms with Crippen molar-refractivity contribution in [2.24, 2.45) is 0 Å². The van der Waals surface area contributed by atoms with Gasteiger partial charge in [-0.3, -0.25) is 9.88 Å². The highest BCUT2D eigenvalue weighted by Crippen LogP contribution is 2.40. The fraction of sp³-hybridized carbons (Fsp3) is 0.303. The molecule has 1 aliphatic carbocycles. The molecule has 4 aromatic rings. The summed E-state index contributed by atoms with van der Waals surface area (Å²) in [6, 6.07) is 23.0. The van der Waals surface area contributed by atoms with Gasteiger partial charge in [-0.05, 0) is 73.2 Å². The van der Waals surface area contributed by atoms with Gasteiger partial charge in [0, 0.05) is 49.8 Å². The van der Waals surface area contributed by atoms with E-state index >= 15 is 0 Å². The van der Waals surface area contributed by atoms with Gasteiger partial charge in [0.05, 0.1) is 11.6 Å². The van der Waals surface area contributed by atoms with Crippen LogP contribution in [0.4, 0.5) is 18.0 Å². The summed E-state index contributed by atoms with van der Waals surface area (Å²) < 4.78 is 50.1. The first-order valence-electron chi connectivity index (χ1n) is 14.3. The van der Waals surface area contributed by atoms with Crippen molar-refractivity contribution >= 4 is 6.09 Å². The van der Waals surface area contributed by atoms with Gasteiger partial charge >= 0.3 is 12.3 Å². The van der Waals surface area contributed by atoms with Crippen molar-refractivity contribution in [2.75, 3.05) is 6.54 Å². The zero-order chi connectivity index (χ0) is 29.8. The quantitative estimate of drug-likeness (QED) is 0.211. The summed E-state index contributed by atoms with van der Waals surface area (Å²) in [5.41, 5.74) is 1.24. The SMILES string of the molecule is O=C(Oc1ccccc1)N1CCC(N(Cc2cccnc2)C2CC2)CC1c1ccc(Oc2ccc(C(F)(F)F)cn2)cc1. The fourth-order valence-electron chi connectivity index (χ4n) is 5.58. The lowest BCUT2D eigenvalue weighted by Gasteiger charge is -2.43. The number of rotatable bonds is 8. The number of nitrogens with zero attached hydrogens (tertiary/aromatic N) is 4. The first kappa shape index (κ1) is 28.7. The molecule has 2 aliphatic rings. The van der Waals surface area contributed by atoms with Gasteiger partial charge in [-0.1, -0.05) is 36.4 Å². The van der Waals surface area contributed by atoms with Crippen molar-refractivity contribution < 1.29 is 27.4 Å². The number of hydrogen-bond donors (Lipinski definition) is 0. The molecule has 0 radical (unpaired) electrons. The van der Waals surface area contributed by atoms with Crippen molar-refractivity contribution in [3.05, 3.63) is 114 Å². The minimum atomic E-state index is -4.47. The lowest BCUT2D eigenvalue weighted by molar-refractivity contribution is -0.137. The molecule has 0 N–H and O–H groups in total. The number of ether oxygens (including phenoxy) is 2. The summed E-state index contributed by atoms with van der Waals surface area (Å²) in [6.07, 6.45) is 3.41. The molecule has 10 heteroatoms. The number of halogens is 3. The van der Waals surface area contributed by atoms with E-state index in [0.29, 0.717) is 24.1 Å². The third-order valence-corrected chi connectivity index (χ3v) is 7.88. The summed E-state index contributed by atoms with van der Waals surface area (Å²) in [7, 11) is 0. The number of carbonyl (C=O) groups excluding carboxylic acids is 1. The fourth-order valence-corrected chi connectivity index (χ4v) is 5.58. The van der Waals surface area contributed by atoms with E-state index in [1.165, 1.54) is 6.07 Å². The molecule has 1 saturated heterocycles. The van der Waals surface area contributed by atoms with E-state index in [-0.39, 0.29) is 18.0 Å². The normalized spacial score (nSPS) is 18.8. The Kier molecular flexibility index (Phi) is 8.29. The van der Waals surface area contributed by atoms with Gasteiger partial charge in [-0.25, -0.2) is 9.78 Å². The van der Waals surface area contributed by atoms with Gasteiger partial charge in [0.25, 0.3) is 0 Å². The van der Waals surface area contributed by atoms with Crippen LogP contribution in [0.2, 0.25) is 0 Å². The second kappa shape index (κ2) is 12.4. The van der Waals surface area contributed by atoms with Crippen molar-refractivity contribution in [3.63, 3.8) is 0 Å². The molecule has 0 bridgehead atoms.